The number of hydrogen-bond acceptors (Lipinski definition) is 0. The van der Waals surface area contributed by atoms with E-state index >= 15 is 0 Å². The van der Waals surface area contributed by atoms with Gasteiger partial charge in [0.25, 0.3) is 0 Å². The van der Waals surface area contributed by atoms with Crippen molar-refractivity contribution in [3.63, 3.8) is 0 Å². The molecule has 0 atom stereocenters. The first-order valence-electron chi connectivity index (χ1n) is 12.5. The van der Waals surface area contributed by atoms with Gasteiger partial charge >= 0.3 is 0 Å². The van der Waals surface area contributed by atoms with Crippen LogP contribution in [0, 0.1) is 5.67 Å². The minimum absolute atomic E-state index is 0. The number of fused-ring (bicyclic) bond motifs is 1. The van der Waals surface area contributed by atoms with Crippen molar-refractivity contribution in [1.29, 1.82) is 0 Å². The first-order chi connectivity index (χ1) is 13.9. The summed E-state index contributed by atoms with van der Waals surface area (Å²) in [6.07, 6.45) is 0. The van der Waals surface area contributed by atoms with Crippen molar-refractivity contribution in [2.24, 2.45) is 0 Å². The molecule has 0 saturated carbocycles. The monoisotopic (exact) mass is 547 g/mol. The van der Waals surface area contributed by atoms with Crippen LogP contribution >= 0.6 is 0 Å². The summed E-state index contributed by atoms with van der Waals surface area (Å²) in [6, 6.07) is 11.8. The Balaban J connectivity index is 0.000000875. The fraction of sp³-hybridized carbons (Fsp3) is 0.643. The molecule has 0 bridgehead atoms. The van der Waals surface area contributed by atoms with Crippen LogP contribution in [0.15, 0.2) is 30.3 Å². The van der Waals surface area contributed by atoms with Gasteiger partial charge in [0.1, 0.15) is 0 Å². The Morgan fingerprint density at radius 1 is 0.667 bits per heavy atom. The third-order valence-corrected chi connectivity index (χ3v) is 25.7. The van der Waals surface area contributed by atoms with Gasteiger partial charge in [-0.05, 0) is 10.1 Å². The van der Waals surface area contributed by atoms with Gasteiger partial charge in [-0.2, -0.15) is 11.3 Å². The van der Waals surface area contributed by atoms with Crippen molar-refractivity contribution in [2.45, 2.75) is 117 Å². The van der Waals surface area contributed by atoms with Crippen LogP contribution < -0.4 is 10.4 Å². The predicted molar refractivity (Wildman–Crippen MR) is 164 cm³/mol. The predicted octanol–water partition coefficient (Wildman–Crippen LogP) is 8.93. The van der Waals surface area contributed by atoms with Crippen LogP contribution in [0.5, 0.6) is 0 Å². The van der Waals surface area contributed by atoms with Crippen molar-refractivity contribution >= 4 is 53.4 Å². The summed E-state index contributed by atoms with van der Waals surface area (Å²) < 4.78 is 0. The second-order valence-corrected chi connectivity index (χ2v) is 36.3. The molecule has 0 N–H and O–H groups in total. The van der Waals surface area contributed by atoms with Gasteiger partial charge in [-0.25, -0.2) is 0 Å². The summed E-state index contributed by atoms with van der Waals surface area (Å²) in [4.78, 5) is 0. The van der Waals surface area contributed by atoms with E-state index in [0.717, 1.165) is 0 Å². The van der Waals surface area contributed by atoms with E-state index in [9.17, 15) is 0 Å². The van der Waals surface area contributed by atoms with Gasteiger partial charge in [0.05, 0.1) is 0 Å². The van der Waals surface area contributed by atoms with Crippen molar-refractivity contribution in [2.75, 3.05) is 0 Å². The average Bonchev–Trinajstić information content (AvgIpc) is 2.90. The van der Waals surface area contributed by atoms with E-state index in [1.807, 2.05) is 0 Å². The summed E-state index contributed by atoms with van der Waals surface area (Å²) >= 11 is 0. The molecule has 0 aromatic heterocycles. The van der Waals surface area contributed by atoms with Crippen molar-refractivity contribution < 1.29 is 25.8 Å². The average molecular weight is 548 g/mol. The standard InChI is InChI=1S/C21H35Si2.C7H19Si2.Sc/c1-20(2,3)22(7,8)18-15-19(23(9,10)21(4,5)6)17-14-12-11-13-16(17)18;1-8(2,3)7-9(4,5)6;/h11-15H,1-10H3;7H,1-6H3;/q2*-1;. The third kappa shape index (κ3) is 8.58. The van der Waals surface area contributed by atoms with Gasteiger partial charge < -0.3 is 5.67 Å². The fourth-order valence-electron chi connectivity index (χ4n) is 4.39. The van der Waals surface area contributed by atoms with E-state index in [4.69, 9.17) is 0 Å². The van der Waals surface area contributed by atoms with E-state index in [-0.39, 0.29) is 25.8 Å². The molecule has 0 aliphatic heterocycles. The Kier molecular flexibility index (Phi) is 11.1. The van der Waals surface area contributed by atoms with E-state index in [1.54, 1.807) is 10.4 Å². The SMILES string of the molecule is CC(C)(C)[Si](C)(C)c1c[c-]([Si](C)(C)C(C)(C)C)c2ccccc12.C[Si](C)(C)[CH-][Si](C)(C)C.[Sc]. The second kappa shape index (κ2) is 10.9. The molecule has 0 unspecified atom stereocenters. The quantitative estimate of drug-likeness (QED) is 0.265. The largest absolute Gasteiger partial charge is 0.327 e. The number of benzene rings is 1. The minimum atomic E-state index is -1.54. The van der Waals surface area contributed by atoms with Gasteiger partial charge in [-0.15, -0.1) is 50.3 Å². The fourth-order valence-corrected chi connectivity index (χ4v) is 19.3. The molecule has 2 aromatic rings. The van der Waals surface area contributed by atoms with E-state index < -0.39 is 32.3 Å². The van der Waals surface area contributed by atoms with Gasteiger partial charge in [-0.3, -0.25) is 0 Å². The molecule has 5 heteroatoms. The molecule has 187 valence electrons. The maximum Gasteiger partial charge on any atom is 0.0377 e. The summed E-state index contributed by atoms with van der Waals surface area (Å²) in [5, 5.41) is 7.13. The van der Waals surface area contributed by atoms with Crippen LogP contribution in [0.1, 0.15) is 41.5 Å². The minimum Gasteiger partial charge on any atom is -0.327 e. The Labute approximate surface area is 230 Å². The maximum absolute atomic E-state index is 2.65. The molecule has 0 fully saturated rings. The van der Waals surface area contributed by atoms with E-state index in [2.05, 4.69) is 143 Å². The zero-order chi connectivity index (χ0) is 25.6. The van der Waals surface area contributed by atoms with E-state index in [0.29, 0.717) is 10.1 Å². The first-order valence-corrected chi connectivity index (χ1v) is 25.6. The molecule has 0 aliphatic rings. The Hall–Kier alpha value is 0.568. The molecule has 0 nitrogen and oxygen atoms in total. The Morgan fingerprint density at radius 2 is 1.09 bits per heavy atom. The molecule has 0 saturated heterocycles. The summed E-state index contributed by atoms with van der Waals surface area (Å²) in [5.41, 5.74) is 2.65. The van der Waals surface area contributed by atoms with Gasteiger partial charge in [-0.1, -0.05) is 113 Å². The van der Waals surface area contributed by atoms with Crippen LogP contribution in [0.25, 0.3) is 10.8 Å². The zero-order valence-corrected chi connectivity index (χ0v) is 30.8. The summed E-state index contributed by atoms with van der Waals surface area (Å²) in [6.45, 7) is 39.2. The topological polar surface area (TPSA) is 0 Å². The van der Waals surface area contributed by atoms with Gasteiger partial charge in [0.2, 0.25) is 0 Å². The maximum atomic E-state index is 2.65. The molecular formula is C28H54ScSi4-2. The van der Waals surface area contributed by atoms with E-state index in [1.165, 1.54) is 10.8 Å². The van der Waals surface area contributed by atoms with Crippen LogP contribution in [-0.4, -0.2) is 32.3 Å². The number of rotatable bonds is 4. The molecule has 0 aliphatic carbocycles. The zero-order valence-electron chi connectivity index (χ0n) is 25.0. The normalized spacial score (nSPS) is 13.9. The van der Waals surface area contributed by atoms with Crippen molar-refractivity contribution in [1.82, 2.24) is 0 Å². The first kappa shape index (κ1) is 33.6. The van der Waals surface area contributed by atoms with Crippen LogP contribution in [0.2, 0.25) is 75.5 Å². The van der Waals surface area contributed by atoms with Gasteiger partial charge in [0.15, 0.2) is 0 Å². The Bertz CT molecular complexity index is 823. The molecule has 2 rings (SSSR count). The smallest absolute Gasteiger partial charge is 0.0377 e. The molecule has 2 aromatic carbocycles. The molecule has 0 amide bonds. The molecule has 1 radical (unpaired) electrons. The molecule has 0 spiro atoms. The Morgan fingerprint density at radius 3 is 1.42 bits per heavy atom. The summed E-state index contributed by atoms with van der Waals surface area (Å²) in [5.74, 6) is 0. The van der Waals surface area contributed by atoms with Crippen LogP contribution in [0.3, 0.4) is 0 Å². The third-order valence-electron chi connectivity index (χ3n) is 7.76. The van der Waals surface area contributed by atoms with Gasteiger partial charge in [0, 0.05) is 42.0 Å². The molecule has 33 heavy (non-hydrogen) atoms. The summed E-state index contributed by atoms with van der Waals surface area (Å²) in [7, 11) is -4.79. The molecule has 0 heterocycles. The number of hydrogen-bond donors (Lipinski definition) is 0. The van der Waals surface area contributed by atoms with Crippen LogP contribution in [-0.2, 0) is 25.8 Å². The molecular weight excluding hydrogens is 494 g/mol. The van der Waals surface area contributed by atoms with Crippen molar-refractivity contribution in [3.05, 3.63) is 36.0 Å². The van der Waals surface area contributed by atoms with Crippen molar-refractivity contribution in [3.8, 4) is 0 Å². The van der Waals surface area contributed by atoms with Crippen LogP contribution in [0.4, 0.5) is 0 Å². The second-order valence-electron chi connectivity index (χ2n) is 15.1.